The van der Waals surface area contributed by atoms with E-state index in [-0.39, 0.29) is 6.29 Å². The lowest BCUT2D eigenvalue weighted by Crippen LogP contribution is -2.26. The first-order chi connectivity index (χ1) is 4.52. The zero-order valence-electron chi connectivity index (χ0n) is 5.06. The van der Waals surface area contributed by atoms with Crippen LogP contribution in [0.4, 0.5) is 13.2 Å². The van der Waals surface area contributed by atoms with Crippen LogP contribution in [-0.4, -0.2) is 24.2 Å². The summed E-state index contributed by atoms with van der Waals surface area (Å²) in [4.78, 5) is 9.61. The first kappa shape index (κ1) is 9.42. The zero-order valence-corrected chi connectivity index (χ0v) is 5.06. The van der Waals surface area contributed by atoms with E-state index in [4.69, 9.17) is 5.11 Å². The van der Waals surface area contributed by atoms with Crippen molar-refractivity contribution in [2.45, 2.75) is 12.6 Å². The van der Waals surface area contributed by atoms with E-state index in [9.17, 15) is 18.0 Å². The summed E-state index contributed by atoms with van der Waals surface area (Å²) in [5, 5.41) is 8.11. The maximum Gasteiger partial charge on any atom is 0.394 e. The second-order valence-corrected chi connectivity index (χ2v) is 1.82. The fourth-order valence-electron chi connectivity index (χ4n) is 0.428. The number of halogens is 3. The molecule has 60 valence electrons. The van der Waals surface area contributed by atoms with Crippen LogP contribution in [0.2, 0.25) is 0 Å². The number of hydrogen-bond donors (Lipinski definition) is 1. The predicted molar refractivity (Wildman–Crippen MR) is 27.3 cm³/mol. The van der Waals surface area contributed by atoms with Gasteiger partial charge in [0.15, 0.2) is 0 Å². The summed E-state index contributed by atoms with van der Waals surface area (Å²) in [7, 11) is 0. The monoisotopic (exact) mass is 156 g/mol. The minimum atomic E-state index is -4.46. The number of carbonyl (C=O) groups is 1. The molecule has 0 saturated carbocycles. The second-order valence-electron chi connectivity index (χ2n) is 1.82. The second kappa shape index (κ2) is 3.55. The van der Waals surface area contributed by atoms with Crippen molar-refractivity contribution in [1.82, 2.24) is 0 Å². The number of carbonyl (C=O) groups excluding carboxylic acids is 1. The van der Waals surface area contributed by atoms with Gasteiger partial charge in [-0.25, -0.2) is 0 Å². The Balaban J connectivity index is 3.92. The smallest absolute Gasteiger partial charge is 0.394 e. The van der Waals surface area contributed by atoms with E-state index in [0.717, 1.165) is 0 Å². The summed E-state index contributed by atoms with van der Waals surface area (Å²) in [5.41, 5.74) is 0. The Morgan fingerprint density at radius 1 is 1.50 bits per heavy atom. The molecule has 0 aromatic carbocycles. The molecule has 0 amide bonds. The van der Waals surface area contributed by atoms with E-state index in [0.29, 0.717) is 0 Å². The Kier molecular flexibility index (Phi) is 3.35. The van der Waals surface area contributed by atoms with Gasteiger partial charge in [-0.3, -0.25) is 0 Å². The molecule has 0 unspecified atom stereocenters. The molecule has 1 atom stereocenters. The first-order valence-electron chi connectivity index (χ1n) is 2.63. The summed E-state index contributed by atoms with van der Waals surface area (Å²) in [6.07, 6.45) is -4.98. The number of aldehydes is 1. The van der Waals surface area contributed by atoms with E-state index < -0.39 is 25.1 Å². The molecular formula is C5H7F3O2. The summed E-state index contributed by atoms with van der Waals surface area (Å²) in [5.74, 6) is -1.90. The van der Waals surface area contributed by atoms with Crippen molar-refractivity contribution in [1.29, 1.82) is 0 Å². The van der Waals surface area contributed by atoms with Crippen LogP contribution in [0.3, 0.4) is 0 Å². The quantitative estimate of drug-likeness (QED) is 0.612. The topological polar surface area (TPSA) is 37.3 Å². The predicted octanol–water partition coefficient (Wildman–Crippen LogP) is 0.746. The lowest BCUT2D eigenvalue weighted by Gasteiger charge is -2.13. The highest BCUT2D eigenvalue weighted by Gasteiger charge is 2.38. The molecule has 10 heavy (non-hydrogen) atoms. The summed E-state index contributed by atoms with van der Waals surface area (Å²) < 4.78 is 34.8. The summed E-state index contributed by atoms with van der Waals surface area (Å²) >= 11 is 0. The van der Waals surface area contributed by atoms with Gasteiger partial charge in [-0.1, -0.05) is 0 Å². The standard InChI is InChI=1S/C5H7F3O2/c6-5(7,8)4(3-10)1-2-9/h2,4,10H,1,3H2/t4-/m1/s1. The van der Waals surface area contributed by atoms with Gasteiger partial charge in [-0.05, 0) is 0 Å². The van der Waals surface area contributed by atoms with E-state index >= 15 is 0 Å². The minimum absolute atomic E-state index is 0.147. The Morgan fingerprint density at radius 2 is 2.00 bits per heavy atom. The Bertz CT molecular complexity index is 110. The molecule has 0 aliphatic carbocycles. The van der Waals surface area contributed by atoms with Crippen molar-refractivity contribution in [3.8, 4) is 0 Å². The van der Waals surface area contributed by atoms with Gasteiger partial charge in [0.2, 0.25) is 0 Å². The number of aliphatic hydroxyl groups is 1. The Hall–Kier alpha value is -0.580. The van der Waals surface area contributed by atoms with E-state index in [2.05, 4.69) is 0 Å². The van der Waals surface area contributed by atoms with Crippen LogP contribution in [0.25, 0.3) is 0 Å². The highest BCUT2D eigenvalue weighted by atomic mass is 19.4. The molecular weight excluding hydrogens is 149 g/mol. The average Bonchev–Trinajstić information content (AvgIpc) is 1.80. The molecule has 0 bridgehead atoms. The van der Waals surface area contributed by atoms with Gasteiger partial charge in [0.1, 0.15) is 6.29 Å². The van der Waals surface area contributed by atoms with Gasteiger partial charge in [0.25, 0.3) is 0 Å². The lowest BCUT2D eigenvalue weighted by molar-refractivity contribution is -0.185. The first-order valence-corrected chi connectivity index (χ1v) is 2.63. The molecule has 0 radical (unpaired) electrons. The lowest BCUT2D eigenvalue weighted by atomic mass is 10.1. The highest BCUT2D eigenvalue weighted by Crippen LogP contribution is 2.27. The van der Waals surface area contributed by atoms with Gasteiger partial charge in [0.05, 0.1) is 12.5 Å². The third-order valence-electron chi connectivity index (χ3n) is 1.06. The number of rotatable bonds is 3. The normalized spacial score (nSPS) is 14.8. The van der Waals surface area contributed by atoms with Gasteiger partial charge in [-0.15, -0.1) is 0 Å². The fourth-order valence-corrected chi connectivity index (χ4v) is 0.428. The largest absolute Gasteiger partial charge is 0.396 e. The molecule has 0 fully saturated rings. The van der Waals surface area contributed by atoms with Crippen molar-refractivity contribution in [3.05, 3.63) is 0 Å². The highest BCUT2D eigenvalue weighted by molar-refractivity contribution is 5.49. The molecule has 0 heterocycles. The van der Waals surface area contributed by atoms with Crippen molar-refractivity contribution in [3.63, 3.8) is 0 Å². The molecule has 2 nitrogen and oxygen atoms in total. The molecule has 0 spiro atoms. The number of alkyl halides is 3. The summed E-state index contributed by atoms with van der Waals surface area (Å²) in [6.45, 7) is -1.03. The maximum atomic E-state index is 11.6. The van der Waals surface area contributed by atoms with Crippen LogP contribution >= 0.6 is 0 Å². The van der Waals surface area contributed by atoms with Crippen LogP contribution in [0, 0.1) is 5.92 Å². The van der Waals surface area contributed by atoms with Crippen molar-refractivity contribution < 1.29 is 23.1 Å². The van der Waals surface area contributed by atoms with Crippen LogP contribution in [0.1, 0.15) is 6.42 Å². The Labute approximate surface area is 55.7 Å². The molecule has 1 N–H and O–H groups in total. The molecule has 0 aliphatic heterocycles. The number of aliphatic hydroxyl groups excluding tert-OH is 1. The number of hydrogen-bond acceptors (Lipinski definition) is 2. The van der Waals surface area contributed by atoms with Crippen LogP contribution in [-0.2, 0) is 4.79 Å². The fraction of sp³-hybridized carbons (Fsp3) is 0.800. The zero-order chi connectivity index (χ0) is 8.20. The molecule has 0 aromatic rings. The molecule has 0 rings (SSSR count). The SMILES string of the molecule is O=CC[C@H](CO)C(F)(F)F. The van der Waals surface area contributed by atoms with E-state index in [1.165, 1.54) is 0 Å². The molecule has 0 saturated heterocycles. The Morgan fingerprint density at radius 3 is 2.10 bits per heavy atom. The van der Waals surface area contributed by atoms with Crippen LogP contribution in [0.15, 0.2) is 0 Å². The van der Waals surface area contributed by atoms with Gasteiger partial charge in [-0.2, -0.15) is 13.2 Å². The third kappa shape index (κ3) is 2.82. The van der Waals surface area contributed by atoms with Crippen molar-refractivity contribution in [2.75, 3.05) is 6.61 Å². The summed E-state index contributed by atoms with van der Waals surface area (Å²) in [6, 6.07) is 0. The van der Waals surface area contributed by atoms with E-state index in [1.807, 2.05) is 0 Å². The van der Waals surface area contributed by atoms with Crippen molar-refractivity contribution >= 4 is 6.29 Å². The van der Waals surface area contributed by atoms with E-state index in [1.54, 1.807) is 0 Å². The average molecular weight is 156 g/mol. The third-order valence-corrected chi connectivity index (χ3v) is 1.06. The van der Waals surface area contributed by atoms with Gasteiger partial charge in [0, 0.05) is 6.42 Å². The molecule has 5 heteroatoms. The maximum absolute atomic E-state index is 11.6. The minimum Gasteiger partial charge on any atom is -0.396 e. The molecule has 0 aliphatic rings. The van der Waals surface area contributed by atoms with Gasteiger partial charge < -0.3 is 9.90 Å². The van der Waals surface area contributed by atoms with Gasteiger partial charge >= 0.3 is 6.18 Å². The molecule has 0 aromatic heterocycles. The van der Waals surface area contributed by atoms with Crippen molar-refractivity contribution in [2.24, 2.45) is 5.92 Å². The van der Waals surface area contributed by atoms with Crippen LogP contribution in [0.5, 0.6) is 0 Å². The van der Waals surface area contributed by atoms with Crippen LogP contribution < -0.4 is 0 Å².